The zero-order valence-corrected chi connectivity index (χ0v) is 18.3. The summed E-state index contributed by atoms with van der Waals surface area (Å²) in [6.45, 7) is 4.67. The highest BCUT2D eigenvalue weighted by Gasteiger charge is 2.28. The van der Waals surface area contributed by atoms with E-state index in [0.29, 0.717) is 30.0 Å². The lowest BCUT2D eigenvalue weighted by Crippen LogP contribution is -2.34. The summed E-state index contributed by atoms with van der Waals surface area (Å²) in [4.78, 5) is 17.2. The van der Waals surface area contributed by atoms with Crippen molar-refractivity contribution in [3.8, 4) is 23.0 Å². The standard InChI is InChI=1S/C23H24FN5O4/c1-13(2)29-12-25-28-22(29)18-4-3-5-21(26-18)27-23(30)16-8-19-20(9-17(16)24)33-15(11-32-19)10-31-14-6-7-14/h3-5,8-9,12-15H,6-7,10-11H2,1-2H3,(H,26,27,30). The fraction of sp³-hybridized carbons (Fsp3) is 0.391. The van der Waals surface area contributed by atoms with Crippen LogP contribution >= 0.6 is 0 Å². The van der Waals surface area contributed by atoms with Crippen LogP contribution in [-0.4, -0.2) is 51.1 Å². The summed E-state index contributed by atoms with van der Waals surface area (Å²) in [6.07, 6.45) is 3.74. The lowest BCUT2D eigenvalue weighted by Gasteiger charge is -2.26. The zero-order valence-electron chi connectivity index (χ0n) is 18.3. The maximum atomic E-state index is 14.8. The molecule has 2 aromatic heterocycles. The number of amides is 1. The first-order valence-electron chi connectivity index (χ1n) is 10.9. The fourth-order valence-electron chi connectivity index (χ4n) is 3.49. The first-order chi connectivity index (χ1) is 16.0. The Bertz CT molecular complexity index is 1180. The molecular formula is C23H24FN5O4. The quantitative estimate of drug-likeness (QED) is 0.583. The molecule has 1 atom stereocenters. The van der Waals surface area contributed by atoms with Gasteiger partial charge in [0.15, 0.2) is 23.4 Å². The Kier molecular flexibility index (Phi) is 5.67. The monoisotopic (exact) mass is 453 g/mol. The second-order valence-corrected chi connectivity index (χ2v) is 8.38. The topological polar surface area (TPSA) is 100 Å². The Balaban J connectivity index is 1.31. The van der Waals surface area contributed by atoms with Gasteiger partial charge in [0.1, 0.15) is 30.3 Å². The minimum absolute atomic E-state index is 0.140. The Labute approximate surface area is 189 Å². The first kappa shape index (κ1) is 21.3. The van der Waals surface area contributed by atoms with Crippen LogP contribution in [-0.2, 0) is 4.74 Å². The van der Waals surface area contributed by atoms with Crippen molar-refractivity contribution < 1.29 is 23.4 Å². The number of hydrogen-bond donors (Lipinski definition) is 1. The van der Waals surface area contributed by atoms with Crippen LogP contribution in [0.25, 0.3) is 11.5 Å². The van der Waals surface area contributed by atoms with Crippen molar-refractivity contribution in [2.24, 2.45) is 0 Å². The first-order valence-corrected chi connectivity index (χ1v) is 10.9. The molecule has 0 saturated heterocycles. The van der Waals surface area contributed by atoms with Crippen LogP contribution in [0.5, 0.6) is 11.5 Å². The van der Waals surface area contributed by atoms with E-state index in [1.165, 1.54) is 12.1 Å². The van der Waals surface area contributed by atoms with Crippen LogP contribution < -0.4 is 14.8 Å². The van der Waals surface area contributed by atoms with Crippen LogP contribution in [0, 0.1) is 5.82 Å². The van der Waals surface area contributed by atoms with E-state index in [1.807, 2.05) is 18.4 Å². The van der Waals surface area contributed by atoms with E-state index in [4.69, 9.17) is 14.2 Å². The summed E-state index contributed by atoms with van der Waals surface area (Å²) < 4.78 is 33.8. The van der Waals surface area contributed by atoms with Crippen molar-refractivity contribution in [2.75, 3.05) is 18.5 Å². The molecule has 1 aliphatic heterocycles. The number of pyridine rings is 1. The van der Waals surface area contributed by atoms with E-state index in [1.54, 1.807) is 24.5 Å². The number of anilines is 1. The van der Waals surface area contributed by atoms with Gasteiger partial charge in [-0.25, -0.2) is 9.37 Å². The molecule has 10 heteroatoms. The maximum absolute atomic E-state index is 14.8. The Hall–Kier alpha value is -3.53. The minimum atomic E-state index is -0.714. The third-order valence-electron chi connectivity index (χ3n) is 5.39. The van der Waals surface area contributed by atoms with Gasteiger partial charge in [0, 0.05) is 12.1 Å². The number of aromatic nitrogens is 4. The lowest BCUT2D eigenvalue weighted by atomic mass is 10.1. The highest BCUT2D eigenvalue weighted by Crippen LogP contribution is 2.35. The highest BCUT2D eigenvalue weighted by molar-refractivity contribution is 6.04. The summed E-state index contributed by atoms with van der Waals surface area (Å²) >= 11 is 0. The molecule has 3 aromatic rings. The largest absolute Gasteiger partial charge is 0.486 e. The molecule has 2 aliphatic rings. The van der Waals surface area contributed by atoms with Crippen LogP contribution in [0.15, 0.2) is 36.7 Å². The molecule has 9 nitrogen and oxygen atoms in total. The van der Waals surface area contributed by atoms with Gasteiger partial charge in [0.2, 0.25) is 0 Å². The molecule has 0 bridgehead atoms. The zero-order chi connectivity index (χ0) is 22.9. The fourth-order valence-corrected chi connectivity index (χ4v) is 3.49. The molecule has 1 amide bonds. The Morgan fingerprint density at radius 3 is 2.94 bits per heavy atom. The molecule has 33 heavy (non-hydrogen) atoms. The molecule has 1 aromatic carbocycles. The average molecular weight is 453 g/mol. The molecule has 3 heterocycles. The molecule has 1 fully saturated rings. The van der Waals surface area contributed by atoms with Gasteiger partial charge in [-0.15, -0.1) is 10.2 Å². The second kappa shape index (κ2) is 8.78. The number of carbonyl (C=O) groups is 1. The van der Waals surface area contributed by atoms with Crippen molar-refractivity contribution in [3.05, 3.63) is 48.0 Å². The minimum Gasteiger partial charge on any atom is -0.486 e. The molecule has 0 radical (unpaired) electrons. The smallest absolute Gasteiger partial charge is 0.259 e. The number of fused-ring (bicyclic) bond motifs is 1. The van der Waals surface area contributed by atoms with Crippen molar-refractivity contribution in [2.45, 2.75) is 44.9 Å². The van der Waals surface area contributed by atoms with Gasteiger partial charge in [-0.3, -0.25) is 4.79 Å². The van der Waals surface area contributed by atoms with Crippen molar-refractivity contribution in [1.29, 1.82) is 0 Å². The number of hydrogen-bond acceptors (Lipinski definition) is 7. The molecule has 0 spiro atoms. The van der Waals surface area contributed by atoms with Crippen LogP contribution in [0.4, 0.5) is 10.2 Å². The molecular weight excluding hydrogens is 429 g/mol. The average Bonchev–Trinajstić information content (AvgIpc) is 3.49. The van der Waals surface area contributed by atoms with E-state index < -0.39 is 11.7 Å². The molecule has 1 saturated carbocycles. The molecule has 172 valence electrons. The normalized spacial score (nSPS) is 17.3. The van der Waals surface area contributed by atoms with E-state index >= 15 is 0 Å². The lowest BCUT2D eigenvalue weighted by molar-refractivity contribution is 0.00225. The highest BCUT2D eigenvalue weighted by atomic mass is 19.1. The number of benzene rings is 1. The number of halogens is 1. The summed E-state index contributed by atoms with van der Waals surface area (Å²) in [7, 11) is 0. The predicted molar refractivity (Wildman–Crippen MR) is 117 cm³/mol. The van der Waals surface area contributed by atoms with Gasteiger partial charge in [-0.1, -0.05) is 6.07 Å². The van der Waals surface area contributed by atoms with Crippen LogP contribution in [0.2, 0.25) is 0 Å². The third kappa shape index (κ3) is 4.65. The van der Waals surface area contributed by atoms with Gasteiger partial charge < -0.3 is 24.1 Å². The van der Waals surface area contributed by atoms with Crippen molar-refractivity contribution in [1.82, 2.24) is 19.7 Å². The number of nitrogens with zero attached hydrogens (tertiary/aromatic N) is 4. The van der Waals surface area contributed by atoms with E-state index in [2.05, 4.69) is 20.5 Å². The van der Waals surface area contributed by atoms with Gasteiger partial charge in [0.05, 0.1) is 18.3 Å². The number of rotatable bonds is 7. The van der Waals surface area contributed by atoms with Gasteiger partial charge in [0.25, 0.3) is 5.91 Å². The third-order valence-corrected chi connectivity index (χ3v) is 5.39. The predicted octanol–water partition coefficient (Wildman–Crippen LogP) is 3.63. The van der Waals surface area contributed by atoms with Gasteiger partial charge in [-0.05, 0) is 44.9 Å². The van der Waals surface area contributed by atoms with Crippen molar-refractivity contribution >= 4 is 11.7 Å². The van der Waals surface area contributed by atoms with Gasteiger partial charge >= 0.3 is 0 Å². The molecule has 1 N–H and O–H groups in total. The summed E-state index contributed by atoms with van der Waals surface area (Å²) in [6, 6.07) is 7.78. The van der Waals surface area contributed by atoms with Crippen molar-refractivity contribution in [3.63, 3.8) is 0 Å². The number of ether oxygens (including phenoxy) is 3. The summed E-state index contributed by atoms with van der Waals surface area (Å²) in [5.41, 5.74) is 0.378. The molecule has 1 unspecified atom stereocenters. The molecule has 5 rings (SSSR count). The SMILES string of the molecule is CC(C)n1cnnc1-c1cccc(NC(=O)c2cc3c(cc2F)OC(COC2CC2)CO3)n1. The second-order valence-electron chi connectivity index (χ2n) is 8.38. The Morgan fingerprint density at radius 2 is 2.15 bits per heavy atom. The maximum Gasteiger partial charge on any atom is 0.259 e. The van der Waals surface area contributed by atoms with Gasteiger partial charge in [-0.2, -0.15) is 0 Å². The summed E-state index contributed by atoms with van der Waals surface area (Å²) in [5.74, 6) is 0.0559. The van der Waals surface area contributed by atoms with E-state index in [-0.39, 0.29) is 35.9 Å². The number of nitrogens with one attached hydrogen (secondary N) is 1. The number of carbonyl (C=O) groups excluding carboxylic acids is 1. The van der Waals surface area contributed by atoms with E-state index in [9.17, 15) is 9.18 Å². The summed E-state index contributed by atoms with van der Waals surface area (Å²) in [5, 5.41) is 10.7. The van der Waals surface area contributed by atoms with Crippen LogP contribution in [0.3, 0.4) is 0 Å². The Morgan fingerprint density at radius 1 is 1.30 bits per heavy atom. The van der Waals surface area contributed by atoms with E-state index in [0.717, 1.165) is 12.8 Å². The van der Waals surface area contributed by atoms with Crippen LogP contribution in [0.1, 0.15) is 43.1 Å². The molecule has 1 aliphatic carbocycles.